The fourth-order valence-electron chi connectivity index (χ4n) is 4.92. The molecule has 1 saturated heterocycles. The molecule has 1 amide bonds. The number of amides is 1. The molecular weight excluding hydrogens is 362 g/mol. The first-order valence-corrected chi connectivity index (χ1v) is 10.4. The lowest BCUT2D eigenvalue weighted by atomic mass is 9.78. The fourth-order valence-corrected chi connectivity index (χ4v) is 5.03. The summed E-state index contributed by atoms with van der Waals surface area (Å²) in [7, 11) is 0. The van der Waals surface area contributed by atoms with E-state index in [0.717, 1.165) is 54.3 Å². The van der Waals surface area contributed by atoms with Gasteiger partial charge < -0.3 is 14.7 Å². The van der Waals surface area contributed by atoms with Crippen molar-refractivity contribution in [3.8, 4) is 5.75 Å². The predicted octanol–water partition coefficient (Wildman–Crippen LogP) is 3.90. The summed E-state index contributed by atoms with van der Waals surface area (Å²) in [4.78, 5) is 14.8. The van der Waals surface area contributed by atoms with Crippen LogP contribution in [0, 0.1) is 31.6 Å². The van der Waals surface area contributed by atoms with Crippen LogP contribution in [-0.2, 0) is 4.79 Å². The van der Waals surface area contributed by atoms with E-state index in [2.05, 4.69) is 12.2 Å². The highest BCUT2D eigenvalue weighted by Crippen LogP contribution is 2.39. The first kappa shape index (κ1) is 18.8. The van der Waals surface area contributed by atoms with Crippen LogP contribution >= 0.6 is 11.6 Å². The maximum Gasteiger partial charge on any atom is 0.226 e. The number of ether oxygens (including phenoxy) is 1. The summed E-state index contributed by atoms with van der Waals surface area (Å²) in [6, 6.07) is 3.87. The molecule has 4 atom stereocenters. The van der Waals surface area contributed by atoms with Crippen LogP contribution in [0.5, 0.6) is 5.75 Å². The van der Waals surface area contributed by atoms with Crippen molar-refractivity contribution < 1.29 is 14.6 Å². The number of aryl methyl sites for hydroxylation is 2. The number of carbonyl (C=O) groups excluding carboxylic acids is 1. The molecule has 1 saturated carbocycles. The van der Waals surface area contributed by atoms with E-state index >= 15 is 0 Å². The Morgan fingerprint density at radius 2 is 1.70 bits per heavy atom. The number of carbonyl (C=O) groups is 1. The largest absolute Gasteiger partial charge is 0.488 e. The number of hydrogen-bond donors (Lipinski definition) is 1. The van der Waals surface area contributed by atoms with Gasteiger partial charge in [-0.15, -0.1) is 0 Å². The molecule has 5 heteroatoms. The molecule has 27 heavy (non-hydrogen) atoms. The summed E-state index contributed by atoms with van der Waals surface area (Å²) < 4.78 is 6.17. The van der Waals surface area contributed by atoms with Gasteiger partial charge in [-0.2, -0.15) is 0 Å². The molecule has 1 heterocycles. The van der Waals surface area contributed by atoms with Crippen LogP contribution in [0.25, 0.3) is 0 Å². The van der Waals surface area contributed by atoms with E-state index in [9.17, 15) is 9.90 Å². The summed E-state index contributed by atoms with van der Waals surface area (Å²) in [6.45, 7) is 5.51. The minimum atomic E-state index is -0.495. The van der Waals surface area contributed by atoms with Crippen molar-refractivity contribution in [1.29, 1.82) is 0 Å². The summed E-state index contributed by atoms with van der Waals surface area (Å²) in [5, 5.41) is 11.4. The summed E-state index contributed by atoms with van der Waals surface area (Å²) in [5.74, 6) is 1.96. The maximum atomic E-state index is 12.7. The van der Waals surface area contributed by atoms with Gasteiger partial charge in [-0.05, 0) is 74.6 Å². The van der Waals surface area contributed by atoms with E-state index in [1.54, 1.807) is 0 Å². The number of fused-ring (bicyclic) bond motifs is 1. The van der Waals surface area contributed by atoms with Gasteiger partial charge in [-0.3, -0.25) is 4.79 Å². The molecule has 0 unspecified atom stereocenters. The number of nitrogens with zero attached hydrogens (tertiary/aromatic N) is 1. The number of aliphatic hydroxyl groups excluding tert-OH is 1. The van der Waals surface area contributed by atoms with Crippen molar-refractivity contribution >= 4 is 17.5 Å². The van der Waals surface area contributed by atoms with Gasteiger partial charge in [0.05, 0.1) is 6.10 Å². The predicted molar refractivity (Wildman–Crippen MR) is 106 cm³/mol. The number of allylic oxidation sites excluding steroid dienone is 2. The van der Waals surface area contributed by atoms with Gasteiger partial charge in [0.15, 0.2) is 0 Å². The molecule has 146 valence electrons. The van der Waals surface area contributed by atoms with Gasteiger partial charge in [0.25, 0.3) is 0 Å². The van der Waals surface area contributed by atoms with Gasteiger partial charge in [0.1, 0.15) is 11.9 Å². The lowest BCUT2D eigenvalue weighted by Crippen LogP contribution is -2.42. The molecule has 4 rings (SSSR count). The van der Waals surface area contributed by atoms with E-state index in [1.165, 1.54) is 0 Å². The highest BCUT2D eigenvalue weighted by atomic mass is 35.5. The first-order valence-electron chi connectivity index (χ1n) is 9.97. The molecule has 1 aromatic rings. The molecule has 4 nitrogen and oxygen atoms in total. The molecule has 0 bridgehead atoms. The number of rotatable bonds is 3. The molecule has 1 aliphatic heterocycles. The molecule has 2 fully saturated rings. The lowest BCUT2D eigenvalue weighted by Gasteiger charge is -2.35. The number of likely N-dealkylation sites (tertiary alicyclic amines) is 1. The molecule has 0 aromatic heterocycles. The van der Waals surface area contributed by atoms with Crippen LogP contribution in [0.15, 0.2) is 24.3 Å². The van der Waals surface area contributed by atoms with Gasteiger partial charge in [0.2, 0.25) is 5.91 Å². The van der Waals surface area contributed by atoms with E-state index < -0.39 is 6.10 Å². The Hall–Kier alpha value is -1.52. The van der Waals surface area contributed by atoms with Crippen LogP contribution in [0.4, 0.5) is 0 Å². The van der Waals surface area contributed by atoms with Crippen molar-refractivity contribution in [2.45, 2.75) is 51.7 Å². The molecular formula is C22H28ClNO3. The molecule has 2 aliphatic carbocycles. The second-order valence-electron chi connectivity index (χ2n) is 8.47. The second kappa shape index (κ2) is 7.48. The molecule has 3 aliphatic rings. The Morgan fingerprint density at radius 1 is 1.11 bits per heavy atom. The highest BCUT2D eigenvalue weighted by molar-refractivity contribution is 6.32. The van der Waals surface area contributed by atoms with Crippen LogP contribution in [0.3, 0.4) is 0 Å². The third-order valence-electron chi connectivity index (χ3n) is 6.45. The van der Waals surface area contributed by atoms with Crippen LogP contribution < -0.4 is 4.74 Å². The third-order valence-corrected chi connectivity index (χ3v) is 7.05. The minimum absolute atomic E-state index is 0.127. The van der Waals surface area contributed by atoms with Crippen LogP contribution in [0.2, 0.25) is 5.02 Å². The SMILES string of the molecule is Cc1cc(O[C@@H]2C[C@@H]3CN(C(=O)C4CC=CC4)C[C@@H]3C[C@H]2O)cc(C)c1Cl. The van der Waals surface area contributed by atoms with Crippen LogP contribution in [0.1, 0.15) is 36.8 Å². The van der Waals surface area contributed by atoms with Crippen LogP contribution in [-0.4, -0.2) is 41.2 Å². The van der Waals surface area contributed by atoms with Crippen molar-refractivity contribution in [3.63, 3.8) is 0 Å². The Balaban J connectivity index is 1.41. The zero-order valence-electron chi connectivity index (χ0n) is 16.0. The Kier molecular flexibility index (Phi) is 5.21. The first-order chi connectivity index (χ1) is 12.9. The zero-order chi connectivity index (χ0) is 19.1. The Labute approximate surface area is 166 Å². The van der Waals surface area contributed by atoms with Gasteiger partial charge in [-0.25, -0.2) is 0 Å². The molecule has 1 N–H and O–H groups in total. The topological polar surface area (TPSA) is 49.8 Å². The fraction of sp³-hybridized carbons (Fsp3) is 0.591. The summed E-state index contributed by atoms with van der Waals surface area (Å²) in [6.07, 6.45) is 6.72. The maximum absolute atomic E-state index is 12.7. The zero-order valence-corrected chi connectivity index (χ0v) is 16.8. The highest BCUT2D eigenvalue weighted by Gasteiger charge is 2.44. The standard InChI is InChI=1S/C22H28ClNO3/c1-13-7-18(8-14(2)21(13)23)27-20-10-17-12-24(11-16(17)9-19(20)25)22(26)15-5-3-4-6-15/h3-4,7-8,15-17,19-20,25H,5-6,9-12H2,1-2H3/t16-,17+,19+,20+/m0/s1. The van der Waals surface area contributed by atoms with Gasteiger partial charge >= 0.3 is 0 Å². The number of aliphatic hydroxyl groups is 1. The van der Waals surface area contributed by atoms with Gasteiger partial charge in [0, 0.05) is 24.0 Å². The van der Waals surface area contributed by atoms with E-state index in [1.807, 2.05) is 30.9 Å². The third kappa shape index (κ3) is 3.74. The monoisotopic (exact) mass is 389 g/mol. The average molecular weight is 390 g/mol. The quantitative estimate of drug-likeness (QED) is 0.797. The number of hydrogen-bond acceptors (Lipinski definition) is 3. The van der Waals surface area contributed by atoms with E-state index in [4.69, 9.17) is 16.3 Å². The van der Waals surface area contributed by atoms with Crippen molar-refractivity contribution in [2.75, 3.05) is 13.1 Å². The molecule has 0 radical (unpaired) electrons. The summed E-state index contributed by atoms with van der Waals surface area (Å²) >= 11 is 6.25. The summed E-state index contributed by atoms with van der Waals surface area (Å²) in [5.41, 5.74) is 1.97. The van der Waals surface area contributed by atoms with E-state index in [0.29, 0.717) is 18.3 Å². The Morgan fingerprint density at radius 3 is 2.33 bits per heavy atom. The minimum Gasteiger partial charge on any atom is -0.488 e. The molecule has 0 spiro atoms. The van der Waals surface area contributed by atoms with Crippen molar-refractivity contribution in [3.05, 3.63) is 40.4 Å². The van der Waals surface area contributed by atoms with Crippen molar-refractivity contribution in [2.24, 2.45) is 17.8 Å². The van der Waals surface area contributed by atoms with Gasteiger partial charge in [-0.1, -0.05) is 23.8 Å². The second-order valence-corrected chi connectivity index (χ2v) is 8.85. The average Bonchev–Trinajstić information content (AvgIpc) is 3.29. The Bertz CT molecular complexity index is 731. The smallest absolute Gasteiger partial charge is 0.226 e. The molecule has 1 aromatic carbocycles. The van der Waals surface area contributed by atoms with E-state index in [-0.39, 0.29) is 17.9 Å². The van der Waals surface area contributed by atoms with Crippen molar-refractivity contribution in [1.82, 2.24) is 4.90 Å². The number of halogens is 1. The lowest BCUT2D eigenvalue weighted by molar-refractivity contribution is -0.134. The number of benzene rings is 1. The normalized spacial score (nSPS) is 30.6.